The molecule has 172 valence electrons. The van der Waals surface area contributed by atoms with Crippen molar-refractivity contribution >= 4 is 62.1 Å². The molecule has 8 nitrogen and oxygen atoms in total. The Morgan fingerprint density at radius 3 is 2.44 bits per heavy atom. The van der Waals surface area contributed by atoms with E-state index in [4.69, 9.17) is 28.5 Å². The second kappa shape index (κ2) is 9.35. The standard InChI is InChI=1S/C23H16Cl2N4O4S/c24-17-10-9-16(11-18(17)25)34(32,33)29-20-4-2-1-3-19(20)28-23(31)21(29)12-22(30)27-15-7-5-14(13-26)6-8-15/h1-11,21H,12H2,(H,27,30)(H,28,31)/t21-/m1/s1. The predicted octanol–water partition coefficient (Wildman–Crippen LogP) is 4.41. The number of amides is 2. The molecule has 0 spiro atoms. The molecule has 1 aliphatic heterocycles. The van der Waals surface area contributed by atoms with Crippen molar-refractivity contribution in [1.29, 1.82) is 5.26 Å². The number of carbonyl (C=O) groups is 2. The van der Waals surface area contributed by atoms with E-state index < -0.39 is 34.3 Å². The number of para-hydroxylation sites is 2. The summed E-state index contributed by atoms with van der Waals surface area (Å²) >= 11 is 12.0. The lowest BCUT2D eigenvalue weighted by Crippen LogP contribution is -2.52. The first kappa shape index (κ1) is 23.6. The molecule has 0 radical (unpaired) electrons. The van der Waals surface area contributed by atoms with E-state index in [-0.39, 0.29) is 20.6 Å². The van der Waals surface area contributed by atoms with Gasteiger partial charge in [-0.05, 0) is 54.6 Å². The van der Waals surface area contributed by atoms with Crippen molar-refractivity contribution in [2.75, 3.05) is 14.9 Å². The van der Waals surface area contributed by atoms with E-state index in [2.05, 4.69) is 10.6 Å². The van der Waals surface area contributed by atoms with E-state index in [0.717, 1.165) is 4.31 Å². The van der Waals surface area contributed by atoms with Gasteiger partial charge in [-0.2, -0.15) is 5.26 Å². The molecule has 3 aromatic carbocycles. The Morgan fingerprint density at radius 2 is 1.76 bits per heavy atom. The molecule has 0 bridgehead atoms. The fraction of sp³-hybridized carbons (Fsp3) is 0.0870. The van der Waals surface area contributed by atoms with Gasteiger partial charge in [-0.25, -0.2) is 8.42 Å². The molecule has 0 saturated carbocycles. The van der Waals surface area contributed by atoms with Gasteiger partial charge < -0.3 is 10.6 Å². The average molecular weight is 515 g/mol. The highest BCUT2D eigenvalue weighted by Crippen LogP contribution is 2.38. The van der Waals surface area contributed by atoms with Crippen LogP contribution >= 0.6 is 23.2 Å². The number of benzene rings is 3. The molecule has 4 rings (SSSR count). The second-order valence-corrected chi connectivity index (χ2v) is 9.97. The molecule has 0 aliphatic carbocycles. The third kappa shape index (κ3) is 4.56. The van der Waals surface area contributed by atoms with Crippen LogP contribution in [0, 0.1) is 11.3 Å². The lowest BCUT2D eigenvalue weighted by Gasteiger charge is -2.36. The monoisotopic (exact) mass is 514 g/mol. The highest BCUT2D eigenvalue weighted by atomic mass is 35.5. The van der Waals surface area contributed by atoms with Gasteiger partial charge in [0.05, 0.1) is 44.4 Å². The number of sulfonamides is 1. The largest absolute Gasteiger partial charge is 0.326 e. The van der Waals surface area contributed by atoms with Crippen LogP contribution in [0.15, 0.2) is 71.6 Å². The summed E-state index contributed by atoms with van der Waals surface area (Å²) in [7, 11) is -4.31. The minimum atomic E-state index is -4.31. The lowest BCUT2D eigenvalue weighted by molar-refractivity contribution is -0.122. The molecule has 1 atom stereocenters. The van der Waals surface area contributed by atoms with Crippen LogP contribution in [-0.2, 0) is 19.6 Å². The van der Waals surface area contributed by atoms with Crippen LogP contribution in [0.3, 0.4) is 0 Å². The zero-order valence-corrected chi connectivity index (χ0v) is 19.7. The van der Waals surface area contributed by atoms with Crippen LogP contribution < -0.4 is 14.9 Å². The van der Waals surface area contributed by atoms with Crippen LogP contribution in [0.5, 0.6) is 0 Å². The number of fused-ring (bicyclic) bond motifs is 1. The minimum absolute atomic E-state index is 0.0348. The summed E-state index contributed by atoms with van der Waals surface area (Å²) in [5.74, 6) is -1.24. The Kier molecular flexibility index (Phi) is 6.48. The van der Waals surface area contributed by atoms with Crippen molar-refractivity contribution in [2.45, 2.75) is 17.4 Å². The molecule has 2 N–H and O–H groups in total. The second-order valence-electron chi connectivity index (χ2n) is 7.34. The number of nitrogens with zero attached hydrogens (tertiary/aromatic N) is 2. The van der Waals surface area contributed by atoms with Gasteiger partial charge in [0.2, 0.25) is 11.8 Å². The third-order valence-electron chi connectivity index (χ3n) is 5.11. The fourth-order valence-corrected chi connectivity index (χ4v) is 5.52. The van der Waals surface area contributed by atoms with E-state index in [1.54, 1.807) is 18.2 Å². The average Bonchev–Trinajstić information content (AvgIpc) is 2.81. The predicted molar refractivity (Wildman–Crippen MR) is 129 cm³/mol. The highest BCUT2D eigenvalue weighted by Gasteiger charge is 2.42. The molecule has 1 aliphatic rings. The van der Waals surface area contributed by atoms with Crippen LogP contribution in [0.4, 0.5) is 17.1 Å². The maximum Gasteiger partial charge on any atom is 0.265 e. The summed E-state index contributed by atoms with van der Waals surface area (Å²) in [5, 5.41) is 14.4. The Hall–Kier alpha value is -3.58. The Labute approximate surface area is 205 Å². The summed E-state index contributed by atoms with van der Waals surface area (Å²) in [6, 6.07) is 17.0. The van der Waals surface area contributed by atoms with Gasteiger partial charge in [-0.15, -0.1) is 0 Å². The first-order valence-corrected chi connectivity index (χ1v) is 12.1. The molecular weight excluding hydrogens is 499 g/mol. The molecule has 0 aromatic heterocycles. The van der Waals surface area contributed by atoms with Crippen LogP contribution in [0.2, 0.25) is 10.0 Å². The molecule has 0 unspecified atom stereocenters. The van der Waals surface area contributed by atoms with Crippen molar-refractivity contribution in [2.24, 2.45) is 0 Å². The molecule has 1 heterocycles. The van der Waals surface area contributed by atoms with E-state index >= 15 is 0 Å². The van der Waals surface area contributed by atoms with Crippen molar-refractivity contribution in [3.05, 3.63) is 82.3 Å². The number of hydrogen-bond donors (Lipinski definition) is 2. The van der Waals surface area contributed by atoms with Crippen LogP contribution in [0.1, 0.15) is 12.0 Å². The van der Waals surface area contributed by atoms with Gasteiger partial charge >= 0.3 is 0 Å². The Morgan fingerprint density at radius 1 is 1.06 bits per heavy atom. The van der Waals surface area contributed by atoms with E-state index in [1.165, 1.54) is 48.5 Å². The highest BCUT2D eigenvalue weighted by molar-refractivity contribution is 7.93. The number of nitriles is 1. The Balaban J connectivity index is 1.71. The first-order chi connectivity index (χ1) is 16.2. The van der Waals surface area contributed by atoms with Crippen molar-refractivity contribution < 1.29 is 18.0 Å². The van der Waals surface area contributed by atoms with Crippen LogP contribution in [-0.4, -0.2) is 26.3 Å². The summed E-state index contributed by atoms with van der Waals surface area (Å²) in [5.41, 5.74) is 1.32. The molecule has 2 amide bonds. The molecule has 3 aromatic rings. The summed E-state index contributed by atoms with van der Waals surface area (Å²) < 4.78 is 28.3. The maximum atomic E-state index is 13.7. The van der Waals surface area contributed by atoms with Crippen LogP contribution in [0.25, 0.3) is 0 Å². The summed E-state index contributed by atoms with van der Waals surface area (Å²) in [4.78, 5) is 25.6. The Bertz CT molecular complexity index is 1440. The topological polar surface area (TPSA) is 119 Å². The molecule has 11 heteroatoms. The third-order valence-corrected chi connectivity index (χ3v) is 7.67. The van der Waals surface area contributed by atoms with Crippen molar-refractivity contribution in [3.8, 4) is 6.07 Å². The SMILES string of the molecule is N#Cc1ccc(NC(=O)C[C@@H]2C(=O)Nc3ccccc3N2S(=O)(=O)c2ccc(Cl)c(Cl)c2)cc1. The zero-order chi connectivity index (χ0) is 24.5. The summed E-state index contributed by atoms with van der Waals surface area (Å²) in [6.45, 7) is 0. The zero-order valence-electron chi connectivity index (χ0n) is 17.3. The van der Waals surface area contributed by atoms with E-state index in [0.29, 0.717) is 16.9 Å². The summed E-state index contributed by atoms with van der Waals surface area (Å²) in [6.07, 6.45) is -0.458. The van der Waals surface area contributed by atoms with E-state index in [9.17, 15) is 18.0 Å². The fourth-order valence-electron chi connectivity index (χ4n) is 3.50. The smallest absolute Gasteiger partial charge is 0.265 e. The molecule has 34 heavy (non-hydrogen) atoms. The number of carbonyl (C=O) groups excluding carboxylic acids is 2. The number of hydrogen-bond acceptors (Lipinski definition) is 5. The minimum Gasteiger partial charge on any atom is -0.326 e. The first-order valence-electron chi connectivity index (χ1n) is 9.90. The normalized spacial score (nSPS) is 15.1. The van der Waals surface area contributed by atoms with Gasteiger partial charge in [-0.1, -0.05) is 35.3 Å². The number of halogens is 2. The van der Waals surface area contributed by atoms with Gasteiger partial charge in [0.15, 0.2) is 0 Å². The number of rotatable bonds is 5. The molecule has 0 fully saturated rings. The quantitative estimate of drug-likeness (QED) is 0.522. The van der Waals surface area contributed by atoms with Crippen molar-refractivity contribution in [3.63, 3.8) is 0 Å². The lowest BCUT2D eigenvalue weighted by atomic mass is 10.1. The molecule has 0 saturated heterocycles. The van der Waals surface area contributed by atoms with Gasteiger partial charge in [0, 0.05) is 5.69 Å². The van der Waals surface area contributed by atoms with Gasteiger partial charge in [-0.3, -0.25) is 13.9 Å². The number of anilines is 3. The van der Waals surface area contributed by atoms with Crippen molar-refractivity contribution in [1.82, 2.24) is 0 Å². The van der Waals surface area contributed by atoms with Gasteiger partial charge in [0.25, 0.3) is 10.0 Å². The van der Waals surface area contributed by atoms with Gasteiger partial charge in [0.1, 0.15) is 6.04 Å². The molecular formula is C23H16Cl2N4O4S. The maximum absolute atomic E-state index is 13.7. The number of nitrogens with one attached hydrogen (secondary N) is 2. The van der Waals surface area contributed by atoms with E-state index in [1.807, 2.05) is 6.07 Å².